The Labute approximate surface area is 195 Å². The molecule has 0 saturated carbocycles. The predicted octanol–water partition coefficient (Wildman–Crippen LogP) is 2.47. The van der Waals surface area contributed by atoms with Crippen LogP contribution in [-0.4, -0.2) is 53.7 Å². The molecule has 1 aliphatic heterocycles. The van der Waals surface area contributed by atoms with E-state index in [1.807, 2.05) is 0 Å². The van der Waals surface area contributed by atoms with Crippen LogP contribution in [0, 0.1) is 5.92 Å². The van der Waals surface area contributed by atoms with Gasteiger partial charge < -0.3 is 18.9 Å². The molecule has 0 aliphatic carbocycles. The summed E-state index contributed by atoms with van der Waals surface area (Å²) in [6, 6.07) is 6.05. The first-order chi connectivity index (χ1) is 15.8. The highest BCUT2D eigenvalue weighted by Gasteiger charge is 2.34. The zero-order valence-electron chi connectivity index (χ0n) is 17.9. The van der Waals surface area contributed by atoms with Crippen molar-refractivity contribution in [2.24, 2.45) is 5.92 Å². The van der Waals surface area contributed by atoms with Gasteiger partial charge in [-0.3, -0.25) is 4.79 Å². The third-order valence-electron chi connectivity index (χ3n) is 5.39. The Morgan fingerprint density at radius 3 is 2.70 bits per heavy atom. The molecular formula is C21H23ClN4O6S. The van der Waals surface area contributed by atoms with Crippen LogP contribution in [0.15, 0.2) is 46.2 Å². The second-order valence-electron chi connectivity index (χ2n) is 7.58. The molecule has 3 aromatic heterocycles. The lowest BCUT2D eigenvalue weighted by Crippen LogP contribution is -2.42. The third-order valence-corrected chi connectivity index (χ3v) is 7.38. The van der Waals surface area contributed by atoms with Gasteiger partial charge >= 0.3 is 5.97 Å². The first kappa shape index (κ1) is 23.3. The van der Waals surface area contributed by atoms with Crippen LogP contribution in [0.3, 0.4) is 0 Å². The average Bonchev–Trinajstić information content (AvgIpc) is 3.45. The molecule has 1 aliphatic rings. The molecule has 176 valence electrons. The highest BCUT2D eigenvalue weighted by molar-refractivity contribution is 7.89. The summed E-state index contributed by atoms with van der Waals surface area (Å²) in [5, 5.41) is 3.14. The second-order valence-corrected chi connectivity index (χ2v) is 9.89. The summed E-state index contributed by atoms with van der Waals surface area (Å²) in [7, 11) is -3.91. The van der Waals surface area contributed by atoms with Gasteiger partial charge in [0, 0.05) is 31.4 Å². The standard InChI is InChI=1S/C21H23ClN4O6S/c1-2-31-21(28)17-4-6-19(32-17)33(29,30)26-9-7-14(8-10-26)20(27)23-11-16-13-25-12-15(22)3-5-18(25)24-16/h3-6,12-14H,2,7-11H2,1H3,(H,23,27). The van der Waals surface area contributed by atoms with E-state index in [1.54, 1.807) is 35.9 Å². The van der Waals surface area contributed by atoms with Crippen LogP contribution in [0.25, 0.3) is 5.65 Å². The fraction of sp³-hybridized carbons (Fsp3) is 0.381. The minimum Gasteiger partial charge on any atom is -0.460 e. The Balaban J connectivity index is 1.32. The zero-order chi connectivity index (χ0) is 23.6. The molecule has 12 heteroatoms. The fourth-order valence-electron chi connectivity index (χ4n) is 3.68. The molecule has 1 fully saturated rings. The number of amides is 1. The maximum absolute atomic E-state index is 12.8. The number of rotatable bonds is 7. The van der Waals surface area contributed by atoms with Crippen molar-refractivity contribution >= 4 is 39.1 Å². The van der Waals surface area contributed by atoms with Crippen LogP contribution >= 0.6 is 11.6 Å². The largest absolute Gasteiger partial charge is 0.460 e. The van der Waals surface area contributed by atoms with E-state index in [1.165, 1.54) is 16.4 Å². The van der Waals surface area contributed by atoms with Crippen LogP contribution < -0.4 is 5.32 Å². The van der Waals surface area contributed by atoms with Gasteiger partial charge in [-0.1, -0.05) is 11.6 Å². The number of aromatic nitrogens is 2. The van der Waals surface area contributed by atoms with E-state index in [9.17, 15) is 18.0 Å². The summed E-state index contributed by atoms with van der Waals surface area (Å²) in [4.78, 5) is 28.8. The molecule has 0 atom stereocenters. The minimum atomic E-state index is -3.91. The monoisotopic (exact) mass is 494 g/mol. The molecule has 4 rings (SSSR count). The van der Waals surface area contributed by atoms with Gasteiger partial charge in [0.2, 0.25) is 16.8 Å². The number of esters is 1. The van der Waals surface area contributed by atoms with Gasteiger partial charge in [0.25, 0.3) is 10.0 Å². The number of carbonyl (C=O) groups excluding carboxylic acids is 2. The number of ether oxygens (including phenoxy) is 1. The Morgan fingerprint density at radius 1 is 1.21 bits per heavy atom. The van der Waals surface area contributed by atoms with Crippen molar-refractivity contribution < 1.29 is 27.2 Å². The molecular weight excluding hydrogens is 472 g/mol. The maximum atomic E-state index is 12.8. The lowest BCUT2D eigenvalue weighted by atomic mass is 9.97. The Hall–Kier alpha value is -2.89. The molecule has 0 unspecified atom stereocenters. The Kier molecular flexibility index (Phi) is 6.73. The first-order valence-corrected chi connectivity index (χ1v) is 12.3. The van der Waals surface area contributed by atoms with Crippen molar-refractivity contribution in [1.29, 1.82) is 0 Å². The van der Waals surface area contributed by atoms with Crippen molar-refractivity contribution in [1.82, 2.24) is 19.0 Å². The van der Waals surface area contributed by atoms with E-state index in [2.05, 4.69) is 10.3 Å². The van der Waals surface area contributed by atoms with Crippen molar-refractivity contribution in [3.8, 4) is 0 Å². The molecule has 0 aromatic carbocycles. The number of piperidine rings is 1. The number of hydrogen-bond donors (Lipinski definition) is 1. The molecule has 3 aromatic rings. The number of fused-ring (bicyclic) bond motifs is 1. The molecule has 1 amide bonds. The smallest absolute Gasteiger partial charge is 0.374 e. The molecule has 0 bridgehead atoms. The van der Waals surface area contributed by atoms with E-state index in [0.29, 0.717) is 23.6 Å². The second kappa shape index (κ2) is 9.54. The van der Waals surface area contributed by atoms with E-state index in [0.717, 1.165) is 5.65 Å². The Morgan fingerprint density at radius 2 is 1.97 bits per heavy atom. The number of nitrogens with one attached hydrogen (secondary N) is 1. The highest BCUT2D eigenvalue weighted by atomic mass is 35.5. The summed E-state index contributed by atoms with van der Waals surface area (Å²) in [6.07, 6.45) is 4.28. The van der Waals surface area contributed by atoms with Gasteiger partial charge in [-0.2, -0.15) is 4.31 Å². The molecule has 4 heterocycles. The molecule has 0 spiro atoms. The third kappa shape index (κ3) is 5.05. The van der Waals surface area contributed by atoms with Gasteiger partial charge in [-0.25, -0.2) is 18.2 Å². The predicted molar refractivity (Wildman–Crippen MR) is 118 cm³/mol. The van der Waals surface area contributed by atoms with E-state index < -0.39 is 16.0 Å². The number of sulfonamides is 1. The van der Waals surface area contributed by atoms with Gasteiger partial charge in [0.05, 0.1) is 23.9 Å². The van der Waals surface area contributed by atoms with Gasteiger partial charge in [-0.15, -0.1) is 0 Å². The number of furan rings is 1. The van der Waals surface area contributed by atoms with Crippen LogP contribution in [0.5, 0.6) is 0 Å². The zero-order valence-corrected chi connectivity index (χ0v) is 19.4. The van der Waals surface area contributed by atoms with Crippen molar-refractivity contribution in [2.75, 3.05) is 19.7 Å². The molecule has 33 heavy (non-hydrogen) atoms. The van der Waals surface area contributed by atoms with E-state index in [-0.39, 0.29) is 48.9 Å². The first-order valence-electron chi connectivity index (χ1n) is 10.5. The highest BCUT2D eigenvalue weighted by Crippen LogP contribution is 2.25. The topological polar surface area (TPSA) is 123 Å². The van der Waals surface area contributed by atoms with Crippen molar-refractivity contribution in [2.45, 2.75) is 31.4 Å². The average molecular weight is 495 g/mol. The van der Waals surface area contributed by atoms with Gasteiger partial charge in [-0.05, 0) is 44.0 Å². The van der Waals surface area contributed by atoms with Gasteiger partial charge in [0.1, 0.15) is 5.65 Å². The SMILES string of the molecule is CCOC(=O)c1ccc(S(=O)(=O)N2CCC(C(=O)NCc3cn4cc(Cl)ccc4n3)CC2)o1. The molecule has 0 radical (unpaired) electrons. The maximum Gasteiger partial charge on any atom is 0.374 e. The molecule has 1 saturated heterocycles. The number of nitrogens with zero attached hydrogens (tertiary/aromatic N) is 3. The van der Waals surface area contributed by atoms with Crippen LogP contribution in [-0.2, 0) is 26.1 Å². The quantitative estimate of drug-likeness (QED) is 0.500. The number of carbonyl (C=O) groups is 2. The number of pyridine rings is 1. The summed E-state index contributed by atoms with van der Waals surface area (Å²) < 4.78 is 38.8. The summed E-state index contributed by atoms with van der Waals surface area (Å²) in [5.41, 5.74) is 1.42. The molecule has 10 nitrogen and oxygen atoms in total. The normalized spacial score (nSPS) is 15.6. The number of hydrogen-bond acceptors (Lipinski definition) is 7. The minimum absolute atomic E-state index is 0.148. The molecule has 1 N–H and O–H groups in total. The lowest BCUT2D eigenvalue weighted by Gasteiger charge is -2.29. The summed E-state index contributed by atoms with van der Waals surface area (Å²) in [5.74, 6) is -1.35. The van der Waals surface area contributed by atoms with E-state index >= 15 is 0 Å². The van der Waals surface area contributed by atoms with E-state index in [4.69, 9.17) is 20.8 Å². The number of halogens is 1. The van der Waals surface area contributed by atoms with Gasteiger partial charge in [0.15, 0.2) is 0 Å². The van der Waals surface area contributed by atoms with Crippen molar-refractivity contribution in [3.05, 3.63) is 53.1 Å². The Bertz CT molecular complexity index is 1280. The summed E-state index contributed by atoms with van der Waals surface area (Å²) >= 11 is 5.98. The fourth-order valence-corrected chi connectivity index (χ4v) is 5.23. The van der Waals surface area contributed by atoms with Crippen LogP contribution in [0.1, 0.15) is 36.0 Å². The summed E-state index contributed by atoms with van der Waals surface area (Å²) in [6.45, 7) is 2.40. The number of imidazole rings is 1. The van der Waals surface area contributed by atoms with Crippen LogP contribution in [0.2, 0.25) is 5.02 Å². The van der Waals surface area contributed by atoms with Crippen molar-refractivity contribution in [3.63, 3.8) is 0 Å². The lowest BCUT2D eigenvalue weighted by molar-refractivity contribution is -0.126. The van der Waals surface area contributed by atoms with Crippen LogP contribution in [0.4, 0.5) is 0 Å².